The van der Waals surface area contributed by atoms with E-state index < -0.39 is 0 Å². The number of hydrogen-bond donors (Lipinski definition) is 0. The molecule has 0 radical (unpaired) electrons. The Morgan fingerprint density at radius 3 is 0.125 bits per heavy atom. The molecule has 0 aromatic carbocycles. The molecule has 0 heterocycles. The molecule has 0 atom stereocenters. The third-order valence-electron chi connectivity index (χ3n) is 0. The van der Waals surface area contributed by atoms with Crippen LogP contribution < -0.4 is 0 Å². The second-order valence-electron chi connectivity index (χ2n) is 0. The van der Waals surface area contributed by atoms with Gasteiger partial charge >= 0.3 is 0 Å². The molecule has 0 fully saturated rings. The lowest BCUT2D eigenvalue weighted by molar-refractivity contribution is 1.50. The van der Waals surface area contributed by atoms with Crippen LogP contribution >= 0.6 is 0 Å². The second-order valence-corrected chi connectivity index (χ2v) is 0. The molecule has 0 nitrogen and oxygen atoms in total. The second kappa shape index (κ2) is 0. The Bertz CT molecular complexity index is 0. The minimum atomic E-state index is 0. The van der Waals surface area contributed by atoms with Gasteiger partial charge in [0.15, 0.2) is 0 Å². The highest BCUT2D eigenvalue weighted by molar-refractivity contribution is 3.51. The Morgan fingerprint density at radius 2 is 0.125 bits per heavy atom. The first-order valence-electron chi connectivity index (χ1n) is 6.00. The van der Waals surface area contributed by atoms with Crippen molar-refractivity contribution in [2.45, 2.75) is 172 Å². The summed E-state index contributed by atoms with van der Waals surface area (Å²) in [5.41, 5.74) is 0. The summed E-state index contributed by atoms with van der Waals surface area (Å²) in [6, 6.07) is 0. The van der Waals surface area contributed by atoms with Crippen LogP contribution in [0.3, 0.4) is 0 Å². The summed E-state index contributed by atoms with van der Waals surface area (Å²) < 4.78 is 0. The van der Waals surface area contributed by atoms with Crippen molar-refractivity contribution in [3.8, 4) is 0 Å². The third kappa shape index (κ3) is 0. The van der Waals surface area contributed by atoms with Crippen molar-refractivity contribution in [2.75, 3.05) is 0 Å². The molecule has 0 aliphatic heterocycles. The molecule has 0 N–H and O–H groups in total. The van der Waals surface area contributed by atoms with Crippen molar-refractivity contribution in [2.24, 2.45) is 0 Å². The lowest BCUT2D eigenvalue weighted by Gasteiger charge is -1.07. The maximum absolute atomic E-state index is 2.00. The maximum Gasteiger partial charge on any atom is -0.0683 e. The largest absolute Gasteiger partial charge is 0.0776 e. The average Bonchev–Trinajstić information content (AvgIpc) is 2.33. The van der Waals surface area contributed by atoms with E-state index in [1.165, 1.54) is 0 Å². The van der Waals surface area contributed by atoms with Gasteiger partial charge in [0.25, 0.3) is 0 Å². The van der Waals surface area contributed by atoms with Crippen molar-refractivity contribution in [3.05, 3.63) is 0 Å². The zero-order valence-corrected chi connectivity index (χ0v) is 12.0. The summed E-state index contributed by atoms with van der Waals surface area (Å²) in [7, 11) is 0. The molecule has 0 aromatic heterocycles. The predicted molar refractivity (Wildman–Crippen MR) is 149 cm³/mol. The Kier molecular flexibility index (Phi) is 0. The molecular formula is C24H84. The van der Waals surface area contributed by atoms with Gasteiger partial charge in [-0.05, 0) is 0 Å². The van der Waals surface area contributed by atoms with E-state index in [2.05, 4.69) is 0 Å². The van der Waals surface area contributed by atoms with Gasteiger partial charge < -0.3 is 0 Å². The summed E-state index contributed by atoms with van der Waals surface area (Å²) in [4.78, 5) is 0. The van der Waals surface area contributed by atoms with Gasteiger partial charge in [-0.15, -0.1) is 0 Å². The Hall–Kier alpha value is 0. The highest BCUT2D eigenvalue weighted by atomic mass is 13.0. The standard InChI is InChI=1S/6C2H6.12CH4/c6*1-2;;;;;;;;;;;;/h6*1-2H3;12*1H4. The molecule has 0 amide bonds. The summed E-state index contributed by atoms with van der Waals surface area (Å²) >= 11 is 0. The molecular weight excluding hydrogens is 288 g/mol. The van der Waals surface area contributed by atoms with Crippen molar-refractivity contribution < 1.29 is 0 Å². The maximum atomic E-state index is 2.00. The lowest BCUT2D eigenvalue weighted by atomic mass is 11.0. The quantitative estimate of drug-likeness (QED) is 0.396. The van der Waals surface area contributed by atoms with E-state index in [1.807, 2.05) is 83.1 Å². The van der Waals surface area contributed by atoms with Gasteiger partial charge in [-0.25, -0.2) is 0 Å². The zero-order chi connectivity index (χ0) is 12.0. The molecule has 0 saturated carbocycles. The van der Waals surface area contributed by atoms with E-state index in [0.29, 0.717) is 0 Å². The summed E-state index contributed by atoms with van der Waals surface area (Å²) in [6.07, 6.45) is 0. The Balaban J connectivity index is -0.00000000102. The van der Waals surface area contributed by atoms with Crippen LogP contribution in [0.25, 0.3) is 0 Å². The van der Waals surface area contributed by atoms with Gasteiger partial charge in [0.05, 0.1) is 0 Å². The van der Waals surface area contributed by atoms with Crippen LogP contribution in [0, 0.1) is 0 Å². The highest BCUT2D eigenvalue weighted by Crippen LogP contribution is 1.15. The molecule has 180 valence electrons. The van der Waals surface area contributed by atoms with E-state index in [0.717, 1.165) is 0 Å². The molecule has 0 heteroatoms. The molecule has 0 rings (SSSR count). The number of hydrogen-bond acceptors (Lipinski definition) is 0. The minimum Gasteiger partial charge on any atom is -0.0776 e. The van der Waals surface area contributed by atoms with E-state index in [1.54, 1.807) is 0 Å². The van der Waals surface area contributed by atoms with Crippen LogP contribution in [0.1, 0.15) is 172 Å². The lowest BCUT2D eigenvalue weighted by Crippen LogP contribution is -0.856. The first-order valence-corrected chi connectivity index (χ1v) is 6.00. The first-order chi connectivity index (χ1) is 6.00. The SMILES string of the molecule is C.C.C.C.C.C.C.C.C.C.C.C.CC.CC.CC.CC.CC.CC. The van der Waals surface area contributed by atoms with E-state index in [9.17, 15) is 0 Å². The van der Waals surface area contributed by atoms with Gasteiger partial charge in [0.1, 0.15) is 0 Å². The Labute approximate surface area is 172 Å². The van der Waals surface area contributed by atoms with Crippen molar-refractivity contribution >= 4 is 0 Å². The van der Waals surface area contributed by atoms with Crippen molar-refractivity contribution in [1.82, 2.24) is 0 Å². The summed E-state index contributed by atoms with van der Waals surface area (Å²) in [5, 5.41) is 0. The fraction of sp³-hybridized carbons (Fsp3) is 1.00. The fourth-order valence-electron chi connectivity index (χ4n) is 0. The normalized spacial score (nSPS) is 1.50. The average molecular weight is 373 g/mol. The molecule has 24 heavy (non-hydrogen) atoms. The minimum absolute atomic E-state index is 0. The Morgan fingerprint density at radius 1 is 0.125 bits per heavy atom. The fourth-order valence-corrected chi connectivity index (χ4v) is 0. The molecule has 0 aliphatic rings. The van der Waals surface area contributed by atoms with E-state index in [4.69, 9.17) is 0 Å². The topological polar surface area (TPSA) is 0 Å². The van der Waals surface area contributed by atoms with Crippen LogP contribution in [-0.4, -0.2) is 0 Å². The van der Waals surface area contributed by atoms with Crippen LogP contribution in [0.15, 0.2) is 0 Å². The van der Waals surface area contributed by atoms with Crippen molar-refractivity contribution in [1.29, 1.82) is 0 Å². The monoisotopic (exact) mass is 373 g/mol. The molecule has 0 aliphatic carbocycles. The zero-order valence-electron chi connectivity index (χ0n) is 12.0. The van der Waals surface area contributed by atoms with Gasteiger partial charge in [-0.1, -0.05) is 172 Å². The van der Waals surface area contributed by atoms with Crippen molar-refractivity contribution in [3.63, 3.8) is 0 Å². The molecule has 0 bridgehead atoms. The smallest absolute Gasteiger partial charge is 0.0683 e. The summed E-state index contributed by atoms with van der Waals surface area (Å²) in [6.45, 7) is 24.0. The summed E-state index contributed by atoms with van der Waals surface area (Å²) in [5.74, 6) is 0. The molecule has 0 saturated heterocycles. The third-order valence-corrected chi connectivity index (χ3v) is 0. The molecule has 0 aromatic rings. The van der Waals surface area contributed by atoms with Crippen LogP contribution in [0.2, 0.25) is 0 Å². The first kappa shape index (κ1) is 353. The predicted octanol–water partition coefficient (Wildman–Crippen LogP) is 13.8. The van der Waals surface area contributed by atoms with E-state index in [-0.39, 0.29) is 89.1 Å². The molecule has 0 unspecified atom stereocenters. The van der Waals surface area contributed by atoms with E-state index >= 15 is 0 Å². The highest BCUT2D eigenvalue weighted by Gasteiger charge is 0.942. The van der Waals surface area contributed by atoms with Crippen LogP contribution in [0.5, 0.6) is 0 Å². The van der Waals surface area contributed by atoms with Gasteiger partial charge in [0, 0.05) is 0 Å². The van der Waals surface area contributed by atoms with Gasteiger partial charge in [-0.3, -0.25) is 0 Å². The number of rotatable bonds is 0. The van der Waals surface area contributed by atoms with Crippen LogP contribution in [-0.2, 0) is 0 Å². The van der Waals surface area contributed by atoms with Crippen LogP contribution in [0.4, 0.5) is 0 Å². The molecule has 0 spiro atoms. The van der Waals surface area contributed by atoms with Gasteiger partial charge in [-0.2, -0.15) is 0 Å². The van der Waals surface area contributed by atoms with Gasteiger partial charge in [0.2, 0.25) is 0 Å².